The second-order valence-electron chi connectivity index (χ2n) is 5.95. The van der Waals surface area contributed by atoms with E-state index in [0.717, 1.165) is 32.5 Å². The van der Waals surface area contributed by atoms with Crippen molar-refractivity contribution in [3.63, 3.8) is 0 Å². The molecule has 1 heterocycles. The van der Waals surface area contributed by atoms with Crippen molar-refractivity contribution in [3.05, 3.63) is 58.7 Å². The van der Waals surface area contributed by atoms with Crippen LogP contribution in [0.25, 0.3) is 10.2 Å². The normalized spacial score (nSPS) is 11.0. The second kappa shape index (κ2) is 7.45. The van der Waals surface area contributed by atoms with Crippen LogP contribution in [0.5, 0.6) is 0 Å². The molecule has 0 spiro atoms. The first kappa shape index (κ1) is 17.8. The summed E-state index contributed by atoms with van der Waals surface area (Å²) in [5.41, 5.74) is 7.22. The molecule has 3 rings (SSSR count). The molecule has 1 aromatic heterocycles. The van der Waals surface area contributed by atoms with Crippen LogP contribution < -0.4 is 10.7 Å². The van der Waals surface area contributed by atoms with Gasteiger partial charge in [0.1, 0.15) is 0 Å². The van der Waals surface area contributed by atoms with Crippen LogP contribution in [0.4, 0.5) is 5.13 Å². The SMILES string of the molecule is Cc1cc(C)c(/C=N/NC(=O)C(=O)Nc2nc3ccccc3s2)c(C)c1. The lowest BCUT2D eigenvalue weighted by Crippen LogP contribution is -2.32. The molecule has 132 valence electrons. The first-order chi connectivity index (χ1) is 12.4. The van der Waals surface area contributed by atoms with E-state index in [1.165, 1.54) is 11.3 Å². The van der Waals surface area contributed by atoms with Crippen LogP contribution >= 0.6 is 11.3 Å². The Hall–Kier alpha value is -3.06. The van der Waals surface area contributed by atoms with E-state index < -0.39 is 11.8 Å². The summed E-state index contributed by atoms with van der Waals surface area (Å²) in [6, 6.07) is 11.6. The number of fused-ring (bicyclic) bond motifs is 1. The van der Waals surface area contributed by atoms with Crippen molar-refractivity contribution >= 4 is 44.7 Å². The van der Waals surface area contributed by atoms with Gasteiger partial charge in [0.25, 0.3) is 0 Å². The van der Waals surface area contributed by atoms with Gasteiger partial charge in [-0.25, -0.2) is 10.4 Å². The molecule has 0 aliphatic rings. The zero-order valence-electron chi connectivity index (χ0n) is 14.7. The molecule has 0 saturated heterocycles. The van der Waals surface area contributed by atoms with E-state index in [1.807, 2.05) is 57.2 Å². The van der Waals surface area contributed by atoms with Gasteiger partial charge in [-0.2, -0.15) is 5.10 Å². The van der Waals surface area contributed by atoms with Gasteiger partial charge >= 0.3 is 11.8 Å². The highest BCUT2D eigenvalue weighted by Crippen LogP contribution is 2.25. The summed E-state index contributed by atoms with van der Waals surface area (Å²) in [4.78, 5) is 28.2. The fourth-order valence-corrected chi connectivity index (χ4v) is 3.54. The third kappa shape index (κ3) is 3.94. The molecular weight excluding hydrogens is 348 g/mol. The number of aromatic nitrogens is 1. The molecule has 0 bridgehead atoms. The zero-order chi connectivity index (χ0) is 18.7. The molecule has 0 aliphatic heterocycles. The lowest BCUT2D eigenvalue weighted by atomic mass is 10.0. The summed E-state index contributed by atoms with van der Waals surface area (Å²) in [6.07, 6.45) is 1.55. The van der Waals surface area contributed by atoms with Gasteiger partial charge in [-0.1, -0.05) is 41.2 Å². The predicted octanol–water partition coefficient (Wildman–Crippen LogP) is 3.31. The fourth-order valence-electron chi connectivity index (χ4n) is 2.68. The number of hydrogen-bond acceptors (Lipinski definition) is 5. The molecule has 2 amide bonds. The molecule has 0 unspecified atom stereocenters. The summed E-state index contributed by atoms with van der Waals surface area (Å²) in [6.45, 7) is 5.97. The molecule has 0 atom stereocenters. The van der Waals surface area contributed by atoms with E-state index in [1.54, 1.807) is 6.21 Å². The minimum absolute atomic E-state index is 0.376. The fraction of sp³-hybridized carbons (Fsp3) is 0.158. The predicted molar refractivity (Wildman–Crippen MR) is 105 cm³/mol. The van der Waals surface area contributed by atoms with E-state index >= 15 is 0 Å². The van der Waals surface area contributed by atoms with Gasteiger partial charge in [0.15, 0.2) is 5.13 Å². The number of benzene rings is 2. The van der Waals surface area contributed by atoms with Crippen molar-refractivity contribution in [2.24, 2.45) is 5.10 Å². The van der Waals surface area contributed by atoms with Crippen molar-refractivity contribution < 1.29 is 9.59 Å². The molecule has 2 N–H and O–H groups in total. The number of hydrogen-bond donors (Lipinski definition) is 2. The van der Waals surface area contributed by atoms with Crippen molar-refractivity contribution in [3.8, 4) is 0 Å². The van der Waals surface area contributed by atoms with E-state index in [2.05, 4.69) is 20.8 Å². The van der Waals surface area contributed by atoms with Crippen LogP contribution in [0.2, 0.25) is 0 Å². The Morgan fingerprint density at radius 2 is 1.77 bits per heavy atom. The van der Waals surface area contributed by atoms with Gasteiger partial charge in [-0.05, 0) is 44.0 Å². The monoisotopic (exact) mass is 366 g/mol. The lowest BCUT2D eigenvalue weighted by Gasteiger charge is -2.06. The maximum absolute atomic E-state index is 12.0. The van der Waals surface area contributed by atoms with Crippen molar-refractivity contribution in [1.82, 2.24) is 10.4 Å². The number of carbonyl (C=O) groups is 2. The maximum Gasteiger partial charge on any atom is 0.329 e. The van der Waals surface area contributed by atoms with Crippen LogP contribution in [0.15, 0.2) is 41.5 Å². The minimum Gasteiger partial charge on any atom is -0.294 e. The maximum atomic E-state index is 12.0. The Bertz CT molecular complexity index is 967. The number of amides is 2. The smallest absolute Gasteiger partial charge is 0.294 e. The number of thiazole rings is 1. The standard InChI is InChI=1S/C19H18N4O2S/c1-11-8-12(2)14(13(3)9-11)10-20-23-18(25)17(24)22-19-21-15-6-4-5-7-16(15)26-19/h4-10H,1-3H3,(H,23,25)(H,21,22,24)/b20-10+. The quantitative estimate of drug-likeness (QED) is 0.424. The summed E-state index contributed by atoms with van der Waals surface area (Å²) in [5.74, 6) is -1.65. The van der Waals surface area contributed by atoms with Crippen LogP contribution in [0, 0.1) is 20.8 Å². The Kier molecular flexibility index (Phi) is 5.09. The third-order valence-corrected chi connectivity index (χ3v) is 4.77. The Balaban J connectivity index is 1.63. The number of anilines is 1. The topological polar surface area (TPSA) is 83.5 Å². The zero-order valence-corrected chi connectivity index (χ0v) is 15.5. The average Bonchev–Trinajstić information content (AvgIpc) is 2.99. The molecule has 26 heavy (non-hydrogen) atoms. The molecule has 0 saturated carbocycles. The molecule has 0 fully saturated rings. The molecule has 3 aromatic rings. The van der Waals surface area contributed by atoms with Gasteiger partial charge < -0.3 is 0 Å². The van der Waals surface area contributed by atoms with Gasteiger partial charge in [0, 0.05) is 5.56 Å². The van der Waals surface area contributed by atoms with Gasteiger partial charge in [-0.3, -0.25) is 14.9 Å². The van der Waals surface area contributed by atoms with Crippen LogP contribution in [0.1, 0.15) is 22.3 Å². The Labute approximate surface area is 155 Å². The first-order valence-electron chi connectivity index (χ1n) is 8.02. The molecule has 6 nitrogen and oxygen atoms in total. The largest absolute Gasteiger partial charge is 0.329 e. The number of hydrazone groups is 1. The van der Waals surface area contributed by atoms with E-state index in [4.69, 9.17) is 0 Å². The summed E-state index contributed by atoms with van der Waals surface area (Å²) >= 11 is 1.31. The number of para-hydroxylation sites is 1. The van der Waals surface area contributed by atoms with Crippen LogP contribution in [-0.4, -0.2) is 23.0 Å². The number of aryl methyl sites for hydroxylation is 3. The second-order valence-corrected chi connectivity index (χ2v) is 6.98. The Morgan fingerprint density at radius 1 is 1.08 bits per heavy atom. The van der Waals surface area contributed by atoms with E-state index in [-0.39, 0.29) is 0 Å². The summed E-state index contributed by atoms with van der Waals surface area (Å²) in [5, 5.41) is 6.76. The Morgan fingerprint density at radius 3 is 2.46 bits per heavy atom. The van der Waals surface area contributed by atoms with Gasteiger partial charge in [0.2, 0.25) is 0 Å². The molecular formula is C19H18N4O2S. The molecule has 2 aromatic carbocycles. The molecule has 0 aliphatic carbocycles. The van der Waals surface area contributed by atoms with Crippen molar-refractivity contribution in [2.75, 3.05) is 5.32 Å². The highest BCUT2D eigenvalue weighted by Gasteiger charge is 2.15. The number of carbonyl (C=O) groups excluding carboxylic acids is 2. The van der Waals surface area contributed by atoms with Crippen molar-refractivity contribution in [1.29, 1.82) is 0 Å². The van der Waals surface area contributed by atoms with E-state index in [0.29, 0.717) is 5.13 Å². The average molecular weight is 366 g/mol. The van der Waals surface area contributed by atoms with Crippen LogP contribution in [-0.2, 0) is 9.59 Å². The highest BCUT2D eigenvalue weighted by atomic mass is 32.1. The summed E-state index contributed by atoms with van der Waals surface area (Å²) < 4.78 is 0.937. The lowest BCUT2D eigenvalue weighted by molar-refractivity contribution is -0.136. The summed E-state index contributed by atoms with van der Waals surface area (Å²) in [7, 11) is 0. The van der Waals surface area contributed by atoms with Gasteiger partial charge in [-0.15, -0.1) is 0 Å². The van der Waals surface area contributed by atoms with E-state index in [9.17, 15) is 9.59 Å². The number of nitrogens with zero attached hydrogens (tertiary/aromatic N) is 2. The van der Waals surface area contributed by atoms with Crippen LogP contribution in [0.3, 0.4) is 0 Å². The number of rotatable bonds is 3. The molecule has 7 heteroatoms. The minimum atomic E-state index is -0.845. The highest BCUT2D eigenvalue weighted by molar-refractivity contribution is 7.22. The van der Waals surface area contributed by atoms with Crippen molar-refractivity contribution in [2.45, 2.75) is 20.8 Å². The van der Waals surface area contributed by atoms with Gasteiger partial charge in [0.05, 0.1) is 16.4 Å². The molecule has 0 radical (unpaired) electrons. The third-order valence-electron chi connectivity index (χ3n) is 3.82. The number of nitrogens with one attached hydrogen (secondary N) is 2. The first-order valence-corrected chi connectivity index (χ1v) is 8.83.